The van der Waals surface area contributed by atoms with Crippen LogP contribution < -0.4 is 51.1 Å². The largest absolute Gasteiger partial charge is 0.506 e. The van der Waals surface area contributed by atoms with Gasteiger partial charge in [0, 0.05) is 155 Å². The van der Waals surface area contributed by atoms with Crippen molar-refractivity contribution in [2.75, 3.05) is 42.1 Å². The van der Waals surface area contributed by atoms with E-state index in [9.17, 15) is 54.9 Å². The van der Waals surface area contributed by atoms with Gasteiger partial charge in [-0.25, -0.2) is 0 Å². The number of fused-ring (bicyclic) bond motifs is 18. The molecule has 26 heteroatoms. The number of aromatic hydroxyl groups is 7. The number of H-pyrrole nitrogens is 4. The fourth-order valence-electron chi connectivity index (χ4n) is 15.2. The van der Waals surface area contributed by atoms with Crippen LogP contribution in [0.1, 0.15) is 35.3 Å². The van der Waals surface area contributed by atoms with E-state index in [1.807, 2.05) is 68.4 Å². The molecule has 0 aliphatic carbocycles. The van der Waals surface area contributed by atoms with Crippen LogP contribution in [0.15, 0.2) is 195 Å². The van der Waals surface area contributed by atoms with Gasteiger partial charge in [-0.2, -0.15) is 0 Å². The number of hydrogen-bond donors (Lipinski definition) is 12. The first-order valence-corrected chi connectivity index (χ1v) is 35.0. The van der Waals surface area contributed by atoms with Crippen molar-refractivity contribution in [3.8, 4) is 69.0 Å². The monoisotopic (exact) mass is 1490 g/mol. The summed E-state index contributed by atoms with van der Waals surface area (Å²) in [6, 6.07) is 45.1. The third-order valence-corrected chi connectivity index (χ3v) is 20.3. The first-order valence-electron chi connectivity index (χ1n) is 35.0. The number of aromatic amines is 4. The van der Waals surface area contributed by atoms with Crippen LogP contribution in [0.2, 0.25) is 0 Å². The van der Waals surface area contributed by atoms with E-state index in [1.165, 1.54) is 76.2 Å². The number of rotatable bonds is 5. The van der Waals surface area contributed by atoms with Gasteiger partial charge in [0.15, 0.2) is 63.2 Å². The highest BCUT2D eigenvalue weighted by Crippen LogP contribution is 2.43. The summed E-state index contributed by atoms with van der Waals surface area (Å²) in [6.07, 6.45) is 6.26. The smallest absolute Gasteiger partial charge is 0.255 e. The molecule has 12 N–H and O–H groups in total. The summed E-state index contributed by atoms with van der Waals surface area (Å²) >= 11 is 0. The SMILES string of the molecule is COc1cc2[nH]c3c(c2cc1OC)CCNC3C.COc1cc2c(cc1O)c1ccnc3ccc(=O)n2c31.COc1cc2c3ccnc4ccc(=O)n(c2cc1OC)c43.Cc1cc(O)c2[nH]c3cc(O)c(O)cc3c2c1.Cc1ccc2[nH]c3cc(O)c(O)cc3c2c1.O=c1cc2c(cc1O)c1cc[nH]c3ccc(=O)n2c31. The quantitative estimate of drug-likeness (QED) is 0.0712. The van der Waals surface area contributed by atoms with E-state index in [1.54, 1.807) is 104 Å². The van der Waals surface area contributed by atoms with Gasteiger partial charge in [0.05, 0.1) is 102 Å². The van der Waals surface area contributed by atoms with Crippen molar-refractivity contribution < 1.29 is 59.4 Å². The Bertz CT molecular complexity index is 7380. The minimum atomic E-state index is -0.487. The number of phenols is 7. The topological polar surface area (TPSA) is 370 Å². The van der Waals surface area contributed by atoms with E-state index in [4.69, 9.17) is 23.7 Å². The molecule has 0 fully saturated rings. The number of nitrogens with one attached hydrogen (secondary N) is 5. The van der Waals surface area contributed by atoms with Crippen molar-refractivity contribution in [3.05, 3.63) is 240 Å². The molecule has 0 amide bonds. The number of nitrogens with zero attached hydrogens (tertiary/aromatic N) is 5. The van der Waals surface area contributed by atoms with E-state index < -0.39 is 5.43 Å². The van der Waals surface area contributed by atoms with Crippen molar-refractivity contribution in [1.29, 1.82) is 0 Å². The lowest BCUT2D eigenvalue weighted by atomic mass is 10.00. The number of ether oxygens (including phenoxy) is 5. The molecule has 0 bridgehead atoms. The molecule has 21 rings (SSSR count). The first kappa shape index (κ1) is 70.6. The summed E-state index contributed by atoms with van der Waals surface area (Å²) in [5.41, 5.74) is 14.8. The molecule has 13 heterocycles. The third-order valence-electron chi connectivity index (χ3n) is 20.3. The lowest BCUT2D eigenvalue weighted by Gasteiger charge is -2.20. The van der Waals surface area contributed by atoms with Gasteiger partial charge < -0.3 is 84.7 Å². The maximum absolute atomic E-state index is 12.3. The van der Waals surface area contributed by atoms with Crippen molar-refractivity contribution >= 4 is 136 Å². The lowest BCUT2D eigenvalue weighted by Crippen LogP contribution is -2.27. The molecule has 1 unspecified atom stereocenters. The molecule has 0 saturated heterocycles. The second-order valence-electron chi connectivity index (χ2n) is 26.9. The van der Waals surface area contributed by atoms with E-state index in [2.05, 4.69) is 54.3 Å². The average molecular weight is 1490 g/mol. The van der Waals surface area contributed by atoms with Crippen molar-refractivity contribution in [3.63, 3.8) is 0 Å². The molecule has 111 heavy (non-hydrogen) atoms. The number of aryl methyl sites for hydroxylation is 2. The predicted molar refractivity (Wildman–Crippen MR) is 430 cm³/mol. The van der Waals surface area contributed by atoms with Crippen molar-refractivity contribution in [1.82, 2.24) is 48.4 Å². The van der Waals surface area contributed by atoms with Crippen LogP contribution in [-0.4, -0.2) is 121 Å². The molecule has 1 aliphatic rings. The Balaban J connectivity index is 0.000000101. The highest BCUT2D eigenvalue weighted by Gasteiger charge is 2.24. The number of phenolic OH excluding ortho intramolecular Hbond substituents is 7. The van der Waals surface area contributed by atoms with E-state index in [0.717, 1.165) is 134 Å². The molecule has 12 aromatic heterocycles. The van der Waals surface area contributed by atoms with Gasteiger partial charge >= 0.3 is 0 Å². The molecule has 8 aromatic carbocycles. The predicted octanol–water partition coefficient (Wildman–Crippen LogP) is 14.2. The summed E-state index contributed by atoms with van der Waals surface area (Å²) < 4.78 is 31.3. The Morgan fingerprint density at radius 2 is 0.847 bits per heavy atom. The van der Waals surface area contributed by atoms with Gasteiger partial charge in [0.25, 0.3) is 16.7 Å². The number of methoxy groups -OCH3 is 5. The molecular weight excluding hydrogens is 1420 g/mol. The minimum absolute atomic E-state index is 0.0528. The van der Waals surface area contributed by atoms with E-state index >= 15 is 0 Å². The Hall–Kier alpha value is -14.7. The molecule has 1 atom stereocenters. The standard InChI is InChI=1S/C16H12N2O3.C15H10N2O3.C14H8N2O3.C14H18N2O2.C13H11NO3.C13H11NO2/c1-20-13-7-10-9-5-6-17-11-3-4-15(19)18(16(9)11)12(10)8-14(13)21-2;1-20-13-7-11-9(6-12(13)18)8-4-5-16-10-2-3-14(19)17(11)15(8)10;17-11-5-8-7-3-4-15-9-1-2-13(19)16(14(7)9)10(8)6-12(11)18;1-8-14-9(4-5-15-8)10-6-12(17-2)13(18-3)7-11(10)16-14;1-6-2-8-7-4-10(15)11(16)5-9(7)14-13(8)12(17)3-6;1-7-2-3-10-8(4-7)9-5-12(15)13(16)6-11(9)14-10/h3-8H,1-2H3;2-7,18H,1H3;1-6,15,17H;6-8,15-16H,4-5H2,1-3H3;2-5,14-17H,1H3;2-6,14-16H,1H3. The maximum Gasteiger partial charge on any atom is 0.255 e. The van der Waals surface area contributed by atoms with Crippen LogP contribution in [0.25, 0.3) is 136 Å². The van der Waals surface area contributed by atoms with Gasteiger partial charge in [-0.15, -0.1) is 0 Å². The molecular formula is C85H70N10O16. The Labute approximate surface area is 625 Å². The number of aromatic nitrogens is 9. The zero-order valence-corrected chi connectivity index (χ0v) is 60.8. The van der Waals surface area contributed by atoms with E-state index in [-0.39, 0.29) is 56.9 Å². The normalized spacial score (nSPS) is 12.7. The van der Waals surface area contributed by atoms with Gasteiger partial charge in [-0.3, -0.25) is 42.3 Å². The summed E-state index contributed by atoms with van der Waals surface area (Å²) in [5, 5.41) is 80.7. The van der Waals surface area contributed by atoms with Crippen LogP contribution in [0.5, 0.6) is 69.0 Å². The summed E-state index contributed by atoms with van der Waals surface area (Å²) in [4.78, 5) is 69.5. The van der Waals surface area contributed by atoms with Crippen LogP contribution in [0.3, 0.4) is 0 Å². The van der Waals surface area contributed by atoms with Gasteiger partial charge in [0.1, 0.15) is 5.75 Å². The van der Waals surface area contributed by atoms with Crippen molar-refractivity contribution in [2.24, 2.45) is 0 Å². The number of pyridine rings is 6. The lowest BCUT2D eigenvalue weighted by molar-refractivity contribution is 0.356. The highest BCUT2D eigenvalue weighted by molar-refractivity contribution is 6.16. The third kappa shape index (κ3) is 12.0. The zero-order chi connectivity index (χ0) is 77.7. The number of benzene rings is 8. The molecule has 26 nitrogen and oxygen atoms in total. The summed E-state index contributed by atoms with van der Waals surface area (Å²) in [5.74, 6) is 2.51. The Morgan fingerprint density at radius 1 is 0.378 bits per heavy atom. The summed E-state index contributed by atoms with van der Waals surface area (Å²) in [7, 11) is 8.00. The van der Waals surface area contributed by atoms with Crippen LogP contribution in [-0.2, 0) is 6.42 Å². The van der Waals surface area contributed by atoms with Crippen LogP contribution in [0, 0.1) is 13.8 Å². The molecule has 556 valence electrons. The minimum Gasteiger partial charge on any atom is -0.506 e. The number of hydrogen-bond acceptors (Lipinski definition) is 19. The van der Waals surface area contributed by atoms with E-state index in [0.29, 0.717) is 50.7 Å². The molecule has 1 aliphatic heterocycles. The Morgan fingerprint density at radius 3 is 1.47 bits per heavy atom. The molecule has 0 spiro atoms. The fraction of sp³-hybridized carbons (Fsp3) is 0.129. The second kappa shape index (κ2) is 27.6. The van der Waals surface area contributed by atoms with Crippen molar-refractivity contribution in [2.45, 2.75) is 33.2 Å². The fourth-order valence-corrected chi connectivity index (χ4v) is 15.2. The molecule has 20 aromatic rings. The highest BCUT2D eigenvalue weighted by atomic mass is 16.5. The van der Waals surface area contributed by atoms with Gasteiger partial charge in [0.2, 0.25) is 5.43 Å². The average Bonchev–Trinajstić information content (AvgIpc) is 1.59. The van der Waals surface area contributed by atoms with Gasteiger partial charge in [-0.1, -0.05) is 11.6 Å². The van der Waals surface area contributed by atoms with Crippen LogP contribution >= 0.6 is 0 Å². The Kier molecular flexibility index (Phi) is 17.6. The summed E-state index contributed by atoms with van der Waals surface area (Å²) in [6.45, 7) is 7.12. The second-order valence-corrected chi connectivity index (χ2v) is 26.9. The molecule has 0 radical (unpaired) electrons. The zero-order valence-electron chi connectivity index (χ0n) is 60.8. The maximum atomic E-state index is 12.3. The van der Waals surface area contributed by atoms with Crippen LogP contribution in [0.4, 0.5) is 0 Å². The molecule has 0 saturated carbocycles. The first-order chi connectivity index (χ1) is 53.6. The van der Waals surface area contributed by atoms with Gasteiger partial charge in [-0.05, 0) is 142 Å².